The Bertz CT molecular complexity index is 843. The van der Waals surface area contributed by atoms with Gasteiger partial charge in [-0.15, -0.1) is 0 Å². The van der Waals surface area contributed by atoms with Crippen LogP contribution >= 0.6 is 11.6 Å². The lowest BCUT2D eigenvalue weighted by Crippen LogP contribution is -2.15. The number of hydrogen-bond donors (Lipinski definition) is 1. The highest BCUT2D eigenvalue weighted by atomic mass is 35.5. The zero-order chi connectivity index (χ0) is 17.1. The van der Waals surface area contributed by atoms with Gasteiger partial charge in [0.2, 0.25) is 0 Å². The lowest BCUT2D eigenvalue weighted by molar-refractivity contribution is 0.102. The lowest BCUT2D eigenvalue weighted by atomic mass is 10.1. The van der Waals surface area contributed by atoms with Crippen molar-refractivity contribution in [3.05, 3.63) is 65.5 Å². The van der Waals surface area contributed by atoms with E-state index < -0.39 is 0 Å². The van der Waals surface area contributed by atoms with Crippen molar-refractivity contribution in [2.24, 2.45) is 0 Å². The molecular formula is C17H16ClN5O. The number of aromatic nitrogens is 4. The zero-order valence-electron chi connectivity index (χ0n) is 13.3. The van der Waals surface area contributed by atoms with Gasteiger partial charge in [0, 0.05) is 17.4 Å². The molecule has 3 aromatic rings. The number of benzene rings is 1. The third-order valence-corrected chi connectivity index (χ3v) is 3.72. The molecule has 0 saturated heterocycles. The molecule has 2 heterocycles. The number of amides is 1. The van der Waals surface area contributed by atoms with Gasteiger partial charge in [0.05, 0.1) is 29.5 Å². The van der Waals surface area contributed by atoms with E-state index in [9.17, 15) is 4.79 Å². The second-order valence-electron chi connectivity index (χ2n) is 5.53. The van der Waals surface area contributed by atoms with E-state index >= 15 is 0 Å². The topological polar surface area (TPSA) is 72.7 Å². The average molecular weight is 342 g/mol. The van der Waals surface area contributed by atoms with Crippen LogP contribution in [0.4, 0.5) is 5.69 Å². The van der Waals surface area contributed by atoms with Crippen LogP contribution in [0.3, 0.4) is 0 Å². The van der Waals surface area contributed by atoms with Crippen LogP contribution in [-0.2, 0) is 0 Å². The summed E-state index contributed by atoms with van der Waals surface area (Å²) in [5, 5.41) is 7.93. The summed E-state index contributed by atoms with van der Waals surface area (Å²) >= 11 is 5.94. The smallest absolute Gasteiger partial charge is 0.275 e. The van der Waals surface area contributed by atoms with Crippen LogP contribution in [0.1, 0.15) is 35.9 Å². The first kappa shape index (κ1) is 16.1. The van der Waals surface area contributed by atoms with E-state index in [-0.39, 0.29) is 17.5 Å². The second kappa shape index (κ2) is 6.80. The third-order valence-electron chi connectivity index (χ3n) is 3.47. The van der Waals surface area contributed by atoms with E-state index in [0.717, 1.165) is 11.4 Å². The van der Waals surface area contributed by atoms with Gasteiger partial charge in [-0.3, -0.25) is 9.78 Å². The number of hydrogen-bond acceptors (Lipinski definition) is 4. The van der Waals surface area contributed by atoms with E-state index in [0.29, 0.717) is 10.7 Å². The van der Waals surface area contributed by atoms with Crippen molar-refractivity contribution in [1.29, 1.82) is 0 Å². The summed E-state index contributed by atoms with van der Waals surface area (Å²) in [7, 11) is 0. The summed E-state index contributed by atoms with van der Waals surface area (Å²) in [6.45, 7) is 4.09. The molecule has 0 bridgehead atoms. The Morgan fingerprint density at radius 2 is 1.92 bits per heavy atom. The molecular weight excluding hydrogens is 326 g/mol. The largest absolute Gasteiger partial charge is 0.318 e. The summed E-state index contributed by atoms with van der Waals surface area (Å²) in [4.78, 5) is 20.2. The molecule has 1 aromatic carbocycles. The van der Waals surface area contributed by atoms with Crippen LogP contribution in [-0.4, -0.2) is 25.7 Å². The minimum Gasteiger partial charge on any atom is -0.318 e. The summed E-state index contributed by atoms with van der Waals surface area (Å²) in [5.41, 5.74) is 2.68. The number of halogens is 1. The molecule has 0 fully saturated rings. The summed E-state index contributed by atoms with van der Waals surface area (Å²) in [5.74, 6) is -0.166. The van der Waals surface area contributed by atoms with Gasteiger partial charge in [-0.05, 0) is 30.2 Å². The van der Waals surface area contributed by atoms with E-state index in [4.69, 9.17) is 11.6 Å². The van der Waals surface area contributed by atoms with Crippen LogP contribution in [0.2, 0.25) is 5.02 Å². The maximum absolute atomic E-state index is 12.3. The molecule has 122 valence electrons. The number of carbonyl (C=O) groups is 1. The number of nitrogens with one attached hydrogen (secondary N) is 1. The first-order chi connectivity index (χ1) is 11.6. The van der Waals surface area contributed by atoms with Crippen LogP contribution in [0.25, 0.3) is 5.69 Å². The summed E-state index contributed by atoms with van der Waals surface area (Å²) < 4.78 is 1.80. The molecule has 0 aliphatic heterocycles. The minimum atomic E-state index is -0.319. The fraction of sp³-hybridized carbons (Fsp3) is 0.176. The van der Waals surface area contributed by atoms with Gasteiger partial charge in [-0.25, -0.2) is 9.67 Å². The Hall–Kier alpha value is -2.73. The molecule has 0 atom stereocenters. The maximum Gasteiger partial charge on any atom is 0.275 e. The van der Waals surface area contributed by atoms with E-state index in [1.807, 2.05) is 26.0 Å². The molecule has 6 nitrogen and oxygen atoms in total. The predicted molar refractivity (Wildman–Crippen MR) is 92.6 cm³/mol. The number of rotatable bonds is 4. The molecule has 7 heteroatoms. The highest BCUT2D eigenvalue weighted by molar-refractivity contribution is 6.30. The quantitative estimate of drug-likeness (QED) is 0.785. The minimum absolute atomic E-state index is 0.153. The summed E-state index contributed by atoms with van der Waals surface area (Å²) in [6.07, 6.45) is 6.07. The highest BCUT2D eigenvalue weighted by Crippen LogP contribution is 2.27. The molecule has 24 heavy (non-hydrogen) atoms. The lowest BCUT2D eigenvalue weighted by Gasteiger charge is -2.13. The van der Waals surface area contributed by atoms with Crippen LogP contribution in [0.5, 0.6) is 0 Å². The van der Waals surface area contributed by atoms with Gasteiger partial charge in [0.25, 0.3) is 5.91 Å². The fourth-order valence-electron chi connectivity index (χ4n) is 2.40. The van der Waals surface area contributed by atoms with Gasteiger partial charge in [-0.1, -0.05) is 25.4 Å². The predicted octanol–water partition coefficient (Wildman–Crippen LogP) is 3.69. The Kier molecular flexibility index (Phi) is 4.57. The zero-order valence-corrected chi connectivity index (χ0v) is 14.0. The molecule has 0 spiro atoms. The fourth-order valence-corrected chi connectivity index (χ4v) is 2.53. The molecule has 3 rings (SSSR count). The monoisotopic (exact) mass is 341 g/mol. The van der Waals surface area contributed by atoms with Gasteiger partial charge in [-0.2, -0.15) is 5.10 Å². The van der Waals surface area contributed by atoms with E-state index in [1.165, 1.54) is 18.6 Å². The molecule has 0 saturated carbocycles. The highest BCUT2D eigenvalue weighted by Gasteiger charge is 2.18. The van der Waals surface area contributed by atoms with Crippen molar-refractivity contribution in [1.82, 2.24) is 19.7 Å². The summed E-state index contributed by atoms with van der Waals surface area (Å²) in [6, 6.07) is 7.38. The third kappa shape index (κ3) is 3.28. The van der Waals surface area contributed by atoms with Crippen LogP contribution < -0.4 is 5.32 Å². The SMILES string of the molecule is CC(C)c1c(NC(=O)c2cnccn2)cnn1-c1ccc(Cl)cc1. The number of anilines is 1. The molecule has 0 aliphatic rings. The number of carbonyl (C=O) groups excluding carboxylic acids is 1. The Morgan fingerprint density at radius 3 is 2.54 bits per heavy atom. The van der Waals surface area contributed by atoms with Crippen molar-refractivity contribution in [2.75, 3.05) is 5.32 Å². The van der Waals surface area contributed by atoms with Gasteiger partial charge in [0.1, 0.15) is 5.69 Å². The van der Waals surface area contributed by atoms with Crippen LogP contribution in [0.15, 0.2) is 49.1 Å². The van der Waals surface area contributed by atoms with Crippen molar-refractivity contribution in [3.8, 4) is 5.69 Å². The molecule has 0 aliphatic carbocycles. The Balaban J connectivity index is 1.95. The van der Waals surface area contributed by atoms with Crippen molar-refractivity contribution in [2.45, 2.75) is 19.8 Å². The van der Waals surface area contributed by atoms with Crippen molar-refractivity contribution < 1.29 is 4.79 Å². The number of nitrogens with zero attached hydrogens (tertiary/aromatic N) is 4. The Labute approximate surface area is 144 Å². The molecule has 2 aromatic heterocycles. The standard InChI is InChI=1S/C17H16ClN5O/c1-11(2)16-14(22-17(24)15-9-19-7-8-20-15)10-21-23(16)13-5-3-12(18)4-6-13/h3-11H,1-2H3,(H,22,24). The molecule has 1 N–H and O–H groups in total. The Morgan fingerprint density at radius 1 is 1.17 bits per heavy atom. The first-order valence-electron chi connectivity index (χ1n) is 7.47. The second-order valence-corrected chi connectivity index (χ2v) is 5.97. The van der Waals surface area contributed by atoms with E-state index in [1.54, 1.807) is 23.0 Å². The van der Waals surface area contributed by atoms with Gasteiger partial charge in [0.15, 0.2) is 0 Å². The molecule has 1 amide bonds. The van der Waals surface area contributed by atoms with Gasteiger partial charge >= 0.3 is 0 Å². The average Bonchev–Trinajstić information content (AvgIpc) is 3.00. The van der Waals surface area contributed by atoms with Crippen molar-refractivity contribution >= 4 is 23.2 Å². The van der Waals surface area contributed by atoms with Crippen LogP contribution in [0, 0.1) is 0 Å². The van der Waals surface area contributed by atoms with E-state index in [2.05, 4.69) is 20.4 Å². The normalized spacial score (nSPS) is 10.8. The molecule has 0 unspecified atom stereocenters. The maximum atomic E-state index is 12.3. The molecule has 0 radical (unpaired) electrons. The first-order valence-corrected chi connectivity index (χ1v) is 7.85. The van der Waals surface area contributed by atoms with Crippen molar-refractivity contribution in [3.63, 3.8) is 0 Å². The van der Waals surface area contributed by atoms with Gasteiger partial charge < -0.3 is 5.32 Å².